The Kier molecular flexibility index (Phi) is 21.3. The standard InChI is InChI=1S/C26H53/c1-5-9-13-15-16-20-24-26(23-19-14-10-6-2)25(21-17-11-7-3)22-18-12-8-4/h26H,5-24H2,1-4H3. The third-order valence-electron chi connectivity index (χ3n) is 6.09. The van der Waals surface area contributed by atoms with Crippen molar-refractivity contribution >= 4 is 0 Å². The Bertz CT molecular complexity index is 234. The fourth-order valence-corrected chi connectivity index (χ4v) is 4.28. The summed E-state index contributed by atoms with van der Waals surface area (Å²) < 4.78 is 0. The van der Waals surface area contributed by atoms with Gasteiger partial charge < -0.3 is 0 Å². The van der Waals surface area contributed by atoms with Crippen molar-refractivity contribution in [1.82, 2.24) is 0 Å². The zero-order chi connectivity index (χ0) is 19.3. The Balaban J connectivity index is 4.44. The Labute approximate surface area is 168 Å². The molecular weight excluding hydrogens is 312 g/mol. The summed E-state index contributed by atoms with van der Waals surface area (Å²) in [6.07, 6.45) is 28.7. The van der Waals surface area contributed by atoms with Crippen LogP contribution in [-0.4, -0.2) is 0 Å². The zero-order valence-electron chi connectivity index (χ0n) is 19.2. The van der Waals surface area contributed by atoms with Gasteiger partial charge in [0.1, 0.15) is 0 Å². The van der Waals surface area contributed by atoms with Crippen LogP contribution < -0.4 is 0 Å². The number of hydrogen-bond donors (Lipinski definition) is 0. The molecule has 157 valence electrons. The van der Waals surface area contributed by atoms with Crippen molar-refractivity contribution in [3.8, 4) is 0 Å². The zero-order valence-corrected chi connectivity index (χ0v) is 19.2. The Morgan fingerprint density at radius 3 is 1.23 bits per heavy atom. The first-order valence-corrected chi connectivity index (χ1v) is 12.6. The van der Waals surface area contributed by atoms with Gasteiger partial charge in [-0.25, -0.2) is 0 Å². The first kappa shape index (κ1) is 26.0. The Morgan fingerprint density at radius 1 is 0.423 bits per heavy atom. The molecule has 1 atom stereocenters. The average Bonchev–Trinajstić information content (AvgIpc) is 2.65. The van der Waals surface area contributed by atoms with Crippen LogP contribution >= 0.6 is 0 Å². The number of hydrogen-bond acceptors (Lipinski definition) is 0. The van der Waals surface area contributed by atoms with Gasteiger partial charge in [0.25, 0.3) is 0 Å². The fourth-order valence-electron chi connectivity index (χ4n) is 4.28. The van der Waals surface area contributed by atoms with Crippen LogP contribution in [0.4, 0.5) is 0 Å². The fraction of sp³-hybridized carbons (Fsp3) is 0.962. The second kappa shape index (κ2) is 21.3. The number of rotatable bonds is 21. The van der Waals surface area contributed by atoms with Crippen molar-refractivity contribution in [2.75, 3.05) is 0 Å². The normalized spacial score (nSPS) is 12.8. The maximum Gasteiger partial charge on any atom is -0.0210 e. The molecule has 0 aliphatic carbocycles. The van der Waals surface area contributed by atoms with Crippen molar-refractivity contribution in [2.45, 2.75) is 156 Å². The van der Waals surface area contributed by atoms with E-state index in [0.717, 1.165) is 5.92 Å². The molecule has 0 rings (SSSR count). The second-order valence-corrected chi connectivity index (χ2v) is 8.68. The molecule has 0 nitrogen and oxygen atoms in total. The van der Waals surface area contributed by atoms with Crippen molar-refractivity contribution in [2.24, 2.45) is 5.92 Å². The van der Waals surface area contributed by atoms with Gasteiger partial charge in [-0.3, -0.25) is 0 Å². The van der Waals surface area contributed by atoms with Crippen molar-refractivity contribution in [1.29, 1.82) is 0 Å². The van der Waals surface area contributed by atoms with E-state index in [9.17, 15) is 0 Å². The van der Waals surface area contributed by atoms with Crippen LogP contribution in [0.3, 0.4) is 0 Å². The highest BCUT2D eigenvalue weighted by Crippen LogP contribution is 2.35. The Morgan fingerprint density at radius 2 is 0.769 bits per heavy atom. The summed E-state index contributed by atoms with van der Waals surface area (Å²) >= 11 is 0. The summed E-state index contributed by atoms with van der Waals surface area (Å²) in [5.41, 5.74) is 0. The minimum Gasteiger partial charge on any atom is -0.0654 e. The molecule has 0 saturated heterocycles. The Hall–Kier alpha value is 0. The van der Waals surface area contributed by atoms with Gasteiger partial charge in [0.15, 0.2) is 0 Å². The second-order valence-electron chi connectivity index (χ2n) is 8.68. The lowest BCUT2D eigenvalue weighted by atomic mass is 9.78. The van der Waals surface area contributed by atoms with E-state index >= 15 is 0 Å². The SMILES string of the molecule is CCCCCCCCC(CCCCCC)[C](CCCCC)CCCCC. The molecule has 1 radical (unpaired) electrons. The van der Waals surface area contributed by atoms with E-state index < -0.39 is 0 Å². The summed E-state index contributed by atoms with van der Waals surface area (Å²) in [7, 11) is 0. The van der Waals surface area contributed by atoms with Crippen LogP contribution in [0.2, 0.25) is 0 Å². The maximum absolute atomic E-state index is 2.34. The van der Waals surface area contributed by atoms with E-state index in [1.165, 1.54) is 128 Å². The predicted molar refractivity (Wildman–Crippen MR) is 122 cm³/mol. The van der Waals surface area contributed by atoms with Crippen LogP contribution in [-0.2, 0) is 0 Å². The molecule has 0 N–H and O–H groups in total. The van der Waals surface area contributed by atoms with Crippen molar-refractivity contribution < 1.29 is 0 Å². The van der Waals surface area contributed by atoms with E-state index in [0.29, 0.717) is 0 Å². The average molecular weight is 366 g/mol. The highest BCUT2D eigenvalue weighted by Gasteiger charge is 2.21. The predicted octanol–water partition coefficient (Wildman–Crippen LogP) is 10.1. The third-order valence-corrected chi connectivity index (χ3v) is 6.09. The molecule has 0 aliphatic rings. The largest absolute Gasteiger partial charge is 0.0654 e. The van der Waals surface area contributed by atoms with Crippen LogP contribution in [0.25, 0.3) is 0 Å². The molecule has 0 bridgehead atoms. The first-order chi connectivity index (χ1) is 12.8. The molecule has 0 amide bonds. The van der Waals surface area contributed by atoms with Crippen LogP contribution in [0.5, 0.6) is 0 Å². The molecule has 0 aromatic heterocycles. The van der Waals surface area contributed by atoms with Gasteiger partial charge in [-0.05, 0) is 37.5 Å². The van der Waals surface area contributed by atoms with E-state index in [2.05, 4.69) is 27.7 Å². The maximum atomic E-state index is 2.34. The molecule has 0 heteroatoms. The van der Waals surface area contributed by atoms with Gasteiger partial charge in [0.05, 0.1) is 0 Å². The van der Waals surface area contributed by atoms with Gasteiger partial charge >= 0.3 is 0 Å². The monoisotopic (exact) mass is 365 g/mol. The van der Waals surface area contributed by atoms with Crippen LogP contribution in [0.1, 0.15) is 156 Å². The van der Waals surface area contributed by atoms with Gasteiger partial charge in [-0.1, -0.05) is 130 Å². The number of unbranched alkanes of at least 4 members (excludes halogenated alkanes) is 12. The molecule has 0 aromatic carbocycles. The summed E-state index contributed by atoms with van der Waals surface area (Å²) in [5.74, 6) is 2.92. The molecule has 0 aliphatic heterocycles. The molecule has 0 fully saturated rings. The molecule has 0 heterocycles. The molecule has 26 heavy (non-hydrogen) atoms. The van der Waals surface area contributed by atoms with Crippen LogP contribution in [0, 0.1) is 11.8 Å². The van der Waals surface area contributed by atoms with E-state index in [-0.39, 0.29) is 0 Å². The minimum absolute atomic E-state index is 0.951. The quantitative estimate of drug-likeness (QED) is 0.177. The van der Waals surface area contributed by atoms with Crippen molar-refractivity contribution in [3.63, 3.8) is 0 Å². The first-order valence-electron chi connectivity index (χ1n) is 12.6. The summed E-state index contributed by atoms with van der Waals surface area (Å²) in [6, 6.07) is 0. The molecular formula is C26H53. The topological polar surface area (TPSA) is 0 Å². The van der Waals surface area contributed by atoms with Crippen LogP contribution in [0.15, 0.2) is 0 Å². The summed E-state index contributed by atoms with van der Waals surface area (Å²) in [6.45, 7) is 9.34. The van der Waals surface area contributed by atoms with E-state index in [1.807, 2.05) is 5.92 Å². The smallest absolute Gasteiger partial charge is 0.0210 e. The highest BCUT2D eigenvalue weighted by atomic mass is 14.3. The molecule has 1 unspecified atom stereocenters. The third kappa shape index (κ3) is 16.2. The van der Waals surface area contributed by atoms with E-state index in [1.54, 1.807) is 0 Å². The lowest BCUT2D eigenvalue weighted by Gasteiger charge is -2.27. The lowest BCUT2D eigenvalue weighted by molar-refractivity contribution is 0.374. The van der Waals surface area contributed by atoms with E-state index in [4.69, 9.17) is 0 Å². The summed E-state index contributed by atoms with van der Waals surface area (Å²) in [5, 5.41) is 0. The van der Waals surface area contributed by atoms with Crippen molar-refractivity contribution in [3.05, 3.63) is 5.92 Å². The lowest BCUT2D eigenvalue weighted by Crippen LogP contribution is -2.14. The van der Waals surface area contributed by atoms with Gasteiger partial charge in [0, 0.05) is 0 Å². The minimum atomic E-state index is 0.951. The molecule has 0 spiro atoms. The van der Waals surface area contributed by atoms with Gasteiger partial charge in [-0.15, -0.1) is 0 Å². The molecule has 0 aromatic rings. The molecule has 0 saturated carbocycles. The van der Waals surface area contributed by atoms with Gasteiger partial charge in [-0.2, -0.15) is 0 Å². The summed E-state index contributed by atoms with van der Waals surface area (Å²) in [4.78, 5) is 0. The van der Waals surface area contributed by atoms with Gasteiger partial charge in [0.2, 0.25) is 0 Å². The highest BCUT2D eigenvalue weighted by molar-refractivity contribution is 4.96.